The summed E-state index contributed by atoms with van der Waals surface area (Å²) in [4.78, 5) is 21.7. The van der Waals surface area contributed by atoms with Crippen LogP contribution in [0.3, 0.4) is 0 Å². The Morgan fingerprint density at radius 1 is 1.18 bits per heavy atom. The average molecular weight is 250 g/mol. The Balaban J connectivity index is 2.86. The van der Waals surface area contributed by atoms with Gasteiger partial charge in [0.1, 0.15) is 0 Å². The largest absolute Gasteiger partial charge is 0.455 e. The number of hydrogen-bond acceptors (Lipinski definition) is 6. The summed E-state index contributed by atoms with van der Waals surface area (Å²) in [5.41, 5.74) is 0. The lowest BCUT2D eigenvalue weighted by molar-refractivity contribution is -0.275. The van der Waals surface area contributed by atoms with Gasteiger partial charge in [0.15, 0.2) is 24.7 Å². The van der Waals surface area contributed by atoms with Gasteiger partial charge < -0.3 is 19.3 Å². The molecule has 17 heavy (non-hydrogen) atoms. The lowest BCUT2D eigenvalue weighted by Crippen LogP contribution is -2.57. The standard InChI is InChI=1S/C10H15FO6/c1-4-7(11)8(16-5(2)12)9(10(14)15-4)17-6(3)13/h4,7-10,14H,1-3H3/t4-,7+,8+,9+,10?/m0/s1. The summed E-state index contributed by atoms with van der Waals surface area (Å²) in [6.07, 6.45) is -6.88. The molecular formula is C10H15FO6. The van der Waals surface area contributed by atoms with Crippen molar-refractivity contribution in [1.29, 1.82) is 0 Å². The molecular weight excluding hydrogens is 235 g/mol. The summed E-state index contributed by atoms with van der Waals surface area (Å²) in [6.45, 7) is 3.58. The van der Waals surface area contributed by atoms with Crippen LogP contribution in [0.15, 0.2) is 0 Å². The number of alkyl halides is 1. The molecule has 1 aliphatic rings. The van der Waals surface area contributed by atoms with Crippen LogP contribution in [-0.2, 0) is 23.8 Å². The van der Waals surface area contributed by atoms with Crippen LogP contribution < -0.4 is 0 Å². The lowest BCUT2D eigenvalue weighted by atomic mass is 10.0. The van der Waals surface area contributed by atoms with Crippen molar-refractivity contribution in [3.05, 3.63) is 0 Å². The van der Waals surface area contributed by atoms with Crippen LogP contribution in [0.4, 0.5) is 4.39 Å². The van der Waals surface area contributed by atoms with Gasteiger partial charge in [-0.1, -0.05) is 0 Å². The topological polar surface area (TPSA) is 82.1 Å². The second-order valence-corrected chi connectivity index (χ2v) is 3.82. The highest BCUT2D eigenvalue weighted by molar-refractivity contribution is 5.67. The molecule has 98 valence electrons. The Kier molecular flexibility index (Phi) is 4.41. The fraction of sp³-hybridized carbons (Fsp3) is 0.800. The van der Waals surface area contributed by atoms with Crippen molar-refractivity contribution in [2.45, 2.75) is 51.5 Å². The Hall–Kier alpha value is -1.21. The van der Waals surface area contributed by atoms with Gasteiger partial charge in [0, 0.05) is 13.8 Å². The molecule has 5 atom stereocenters. The number of carbonyl (C=O) groups is 2. The molecule has 1 saturated heterocycles. The van der Waals surface area contributed by atoms with Crippen LogP contribution in [-0.4, -0.2) is 47.8 Å². The normalized spacial score (nSPS) is 37.4. The lowest BCUT2D eigenvalue weighted by Gasteiger charge is -2.39. The Bertz CT molecular complexity index is 307. The molecule has 0 amide bonds. The van der Waals surface area contributed by atoms with Crippen LogP contribution in [0.2, 0.25) is 0 Å². The third-order valence-electron chi connectivity index (χ3n) is 2.33. The molecule has 7 heteroatoms. The second kappa shape index (κ2) is 5.42. The van der Waals surface area contributed by atoms with Gasteiger partial charge in [-0.15, -0.1) is 0 Å². The zero-order valence-electron chi connectivity index (χ0n) is 9.75. The highest BCUT2D eigenvalue weighted by Crippen LogP contribution is 2.27. The average Bonchev–Trinajstić information content (AvgIpc) is 2.19. The monoisotopic (exact) mass is 250 g/mol. The summed E-state index contributed by atoms with van der Waals surface area (Å²) in [5, 5.41) is 9.53. The number of halogens is 1. The van der Waals surface area contributed by atoms with Gasteiger partial charge >= 0.3 is 11.9 Å². The van der Waals surface area contributed by atoms with E-state index in [1.165, 1.54) is 6.92 Å². The molecule has 0 radical (unpaired) electrons. The van der Waals surface area contributed by atoms with E-state index in [4.69, 9.17) is 14.2 Å². The first kappa shape index (κ1) is 13.9. The predicted molar refractivity (Wildman–Crippen MR) is 52.6 cm³/mol. The minimum absolute atomic E-state index is 0.725. The van der Waals surface area contributed by atoms with Crippen LogP contribution in [0.1, 0.15) is 20.8 Å². The van der Waals surface area contributed by atoms with Gasteiger partial charge in [-0.25, -0.2) is 4.39 Å². The maximum absolute atomic E-state index is 13.8. The summed E-state index contributed by atoms with van der Waals surface area (Å²) < 4.78 is 28.0. The van der Waals surface area contributed by atoms with E-state index in [0.29, 0.717) is 0 Å². The number of esters is 2. The van der Waals surface area contributed by atoms with E-state index in [2.05, 4.69) is 0 Å². The fourth-order valence-electron chi connectivity index (χ4n) is 1.62. The van der Waals surface area contributed by atoms with Crippen LogP contribution in [0.5, 0.6) is 0 Å². The highest BCUT2D eigenvalue weighted by atomic mass is 19.1. The summed E-state index contributed by atoms with van der Waals surface area (Å²) in [5.74, 6) is -1.45. The van der Waals surface area contributed by atoms with Crippen LogP contribution >= 0.6 is 0 Å². The van der Waals surface area contributed by atoms with Crippen molar-refractivity contribution >= 4 is 11.9 Å². The summed E-state index contributed by atoms with van der Waals surface area (Å²) in [6, 6.07) is 0. The van der Waals surface area contributed by atoms with E-state index in [1.807, 2.05) is 0 Å². The van der Waals surface area contributed by atoms with Gasteiger partial charge in [0.25, 0.3) is 0 Å². The number of ether oxygens (including phenoxy) is 3. The van der Waals surface area contributed by atoms with E-state index >= 15 is 0 Å². The van der Waals surface area contributed by atoms with Gasteiger partial charge in [-0.05, 0) is 6.92 Å². The molecule has 1 N–H and O–H groups in total. The summed E-state index contributed by atoms with van der Waals surface area (Å²) >= 11 is 0. The van der Waals surface area contributed by atoms with E-state index in [9.17, 15) is 19.1 Å². The van der Waals surface area contributed by atoms with Gasteiger partial charge in [0.05, 0.1) is 6.10 Å². The first-order chi connectivity index (χ1) is 7.82. The Labute approximate surface area is 97.6 Å². The van der Waals surface area contributed by atoms with Gasteiger partial charge in [0.2, 0.25) is 0 Å². The third-order valence-corrected chi connectivity index (χ3v) is 2.33. The minimum atomic E-state index is -1.67. The van der Waals surface area contributed by atoms with Crippen molar-refractivity contribution in [3.8, 4) is 0 Å². The summed E-state index contributed by atoms with van der Waals surface area (Å²) in [7, 11) is 0. The molecule has 1 fully saturated rings. The quantitative estimate of drug-likeness (QED) is 0.690. The second-order valence-electron chi connectivity index (χ2n) is 3.82. The van der Waals surface area contributed by atoms with Crippen LogP contribution in [0.25, 0.3) is 0 Å². The zero-order chi connectivity index (χ0) is 13.2. The predicted octanol–water partition coefficient (Wildman–Crippen LogP) is -0.0750. The van der Waals surface area contributed by atoms with Gasteiger partial charge in [-0.2, -0.15) is 0 Å². The molecule has 0 spiro atoms. The molecule has 6 nitrogen and oxygen atoms in total. The van der Waals surface area contributed by atoms with Gasteiger partial charge in [-0.3, -0.25) is 9.59 Å². The molecule has 0 aromatic rings. The molecule has 1 unspecified atom stereocenters. The van der Waals surface area contributed by atoms with Crippen LogP contribution in [0, 0.1) is 0 Å². The number of hydrogen-bond donors (Lipinski definition) is 1. The minimum Gasteiger partial charge on any atom is -0.455 e. The van der Waals surface area contributed by atoms with Crippen molar-refractivity contribution in [3.63, 3.8) is 0 Å². The van der Waals surface area contributed by atoms with Crippen molar-refractivity contribution in [2.75, 3.05) is 0 Å². The number of carbonyl (C=O) groups excluding carboxylic acids is 2. The Morgan fingerprint density at radius 2 is 1.65 bits per heavy atom. The number of aliphatic hydroxyl groups is 1. The first-order valence-corrected chi connectivity index (χ1v) is 5.15. The molecule has 0 bridgehead atoms. The SMILES string of the molecule is CC(=O)O[C@@H]1[C@H](F)[C@H](C)OC(O)[C@@H]1OC(C)=O. The van der Waals surface area contributed by atoms with Crippen molar-refractivity contribution < 1.29 is 33.3 Å². The fourth-order valence-corrected chi connectivity index (χ4v) is 1.62. The van der Waals surface area contributed by atoms with E-state index in [0.717, 1.165) is 13.8 Å². The zero-order valence-corrected chi connectivity index (χ0v) is 9.75. The molecule has 1 rings (SSSR count). The molecule has 1 heterocycles. The Morgan fingerprint density at radius 3 is 2.12 bits per heavy atom. The molecule has 0 aliphatic carbocycles. The molecule has 1 aliphatic heterocycles. The van der Waals surface area contributed by atoms with Crippen molar-refractivity contribution in [2.24, 2.45) is 0 Å². The van der Waals surface area contributed by atoms with E-state index < -0.39 is 42.7 Å². The third kappa shape index (κ3) is 3.37. The molecule has 0 aromatic heterocycles. The maximum Gasteiger partial charge on any atom is 0.303 e. The maximum atomic E-state index is 13.8. The smallest absolute Gasteiger partial charge is 0.303 e. The number of aliphatic hydroxyl groups excluding tert-OH is 1. The molecule has 0 aromatic carbocycles. The first-order valence-electron chi connectivity index (χ1n) is 5.15. The van der Waals surface area contributed by atoms with Crippen molar-refractivity contribution in [1.82, 2.24) is 0 Å². The van der Waals surface area contributed by atoms with E-state index in [-0.39, 0.29) is 0 Å². The number of rotatable bonds is 2. The van der Waals surface area contributed by atoms with E-state index in [1.54, 1.807) is 0 Å². The molecule has 0 saturated carbocycles. The highest BCUT2D eigenvalue weighted by Gasteiger charge is 2.48.